The van der Waals surface area contributed by atoms with E-state index < -0.39 is 0 Å². The minimum atomic E-state index is -0.0538. The number of para-hydroxylation sites is 1. The number of hydrogen-bond donors (Lipinski definition) is 2. The summed E-state index contributed by atoms with van der Waals surface area (Å²) in [6.07, 6.45) is 1.98. The van der Waals surface area contributed by atoms with Crippen molar-refractivity contribution in [2.24, 2.45) is 5.92 Å². The fourth-order valence-electron chi connectivity index (χ4n) is 2.78. The van der Waals surface area contributed by atoms with Crippen molar-refractivity contribution in [1.29, 1.82) is 0 Å². The van der Waals surface area contributed by atoms with Gasteiger partial charge in [0, 0.05) is 25.0 Å². The summed E-state index contributed by atoms with van der Waals surface area (Å²) in [5.74, 6) is 0.549. The lowest BCUT2D eigenvalue weighted by atomic mass is 9.97. The van der Waals surface area contributed by atoms with Crippen LogP contribution in [0.25, 0.3) is 0 Å². The average molecular weight is 365 g/mol. The minimum absolute atomic E-state index is 0.0538. The summed E-state index contributed by atoms with van der Waals surface area (Å²) in [6, 6.07) is 7.72. The minimum Gasteiger partial charge on any atom is -0.384 e. The lowest BCUT2D eigenvalue weighted by molar-refractivity contribution is 0.185. The second-order valence-electron chi connectivity index (χ2n) is 6.02. The van der Waals surface area contributed by atoms with Crippen molar-refractivity contribution in [3.8, 4) is 0 Å². The van der Waals surface area contributed by atoms with Crippen LogP contribution in [-0.4, -0.2) is 35.5 Å². The number of urea groups is 1. The number of amides is 2. The number of aryl methyl sites for hydroxylation is 1. The van der Waals surface area contributed by atoms with Crippen LogP contribution in [0.1, 0.15) is 18.5 Å². The first kappa shape index (κ1) is 17.0. The topological polar surface area (TPSA) is 57.3 Å². The first-order valence-electron chi connectivity index (χ1n) is 8.08. The molecule has 1 fully saturated rings. The summed E-state index contributed by atoms with van der Waals surface area (Å²) < 4.78 is 0. The molecule has 1 aliphatic rings. The van der Waals surface area contributed by atoms with Gasteiger partial charge < -0.3 is 10.2 Å². The van der Waals surface area contributed by atoms with Gasteiger partial charge in [0.15, 0.2) is 5.13 Å². The number of likely N-dealkylation sites (tertiary alicyclic amines) is 1. The number of nitrogens with one attached hydrogen (secondary N) is 2. The van der Waals surface area contributed by atoms with Crippen molar-refractivity contribution in [3.63, 3.8) is 0 Å². The van der Waals surface area contributed by atoms with E-state index in [0.29, 0.717) is 11.0 Å². The lowest BCUT2D eigenvalue weighted by Gasteiger charge is -2.32. The molecule has 0 saturated carbocycles. The number of thiazole rings is 1. The van der Waals surface area contributed by atoms with Crippen LogP contribution in [0.5, 0.6) is 0 Å². The van der Waals surface area contributed by atoms with Crippen molar-refractivity contribution in [1.82, 2.24) is 9.88 Å². The van der Waals surface area contributed by atoms with Gasteiger partial charge in [-0.3, -0.25) is 5.32 Å². The van der Waals surface area contributed by atoms with Crippen LogP contribution in [0.4, 0.5) is 15.6 Å². The quantitative estimate of drug-likeness (QED) is 0.842. The third-order valence-electron chi connectivity index (χ3n) is 4.19. The highest BCUT2D eigenvalue weighted by atomic mass is 35.5. The third kappa shape index (κ3) is 4.39. The summed E-state index contributed by atoms with van der Waals surface area (Å²) in [7, 11) is 0. The van der Waals surface area contributed by atoms with Crippen molar-refractivity contribution in [3.05, 3.63) is 40.4 Å². The zero-order chi connectivity index (χ0) is 16.9. The molecule has 2 aromatic rings. The van der Waals surface area contributed by atoms with Crippen LogP contribution in [0.2, 0.25) is 5.02 Å². The van der Waals surface area contributed by atoms with Crippen molar-refractivity contribution < 1.29 is 4.79 Å². The highest BCUT2D eigenvalue weighted by Crippen LogP contribution is 2.23. The molecule has 0 radical (unpaired) electrons. The van der Waals surface area contributed by atoms with E-state index in [9.17, 15) is 4.79 Å². The van der Waals surface area contributed by atoms with Crippen LogP contribution < -0.4 is 10.6 Å². The molecule has 0 unspecified atom stereocenters. The fraction of sp³-hybridized carbons (Fsp3) is 0.412. The van der Waals surface area contributed by atoms with Crippen molar-refractivity contribution in [2.75, 3.05) is 30.3 Å². The van der Waals surface area contributed by atoms with E-state index in [2.05, 4.69) is 15.6 Å². The number of benzene rings is 1. The molecule has 7 heteroatoms. The molecule has 0 bridgehead atoms. The number of hydrogen-bond acceptors (Lipinski definition) is 4. The van der Waals surface area contributed by atoms with E-state index >= 15 is 0 Å². The van der Waals surface area contributed by atoms with Gasteiger partial charge in [0.2, 0.25) is 0 Å². The molecular weight excluding hydrogens is 344 g/mol. The van der Waals surface area contributed by atoms with Gasteiger partial charge in [-0.05, 0) is 37.8 Å². The van der Waals surface area contributed by atoms with E-state index in [4.69, 9.17) is 11.6 Å². The lowest BCUT2D eigenvalue weighted by Crippen LogP contribution is -2.42. The Labute approximate surface area is 151 Å². The Balaban J connectivity index is 1.44. The molecule has 1 saturated heterocycles. The Morgan fingerprint density at radius 2 is 2.12 bits per heavy atom. The normalized spacial score (nSPS) is 15.3. The number of halogens is 1. The maximum Gasteiger partial charge on any atom is 0.323 e. The third-order valence-corrected chi connectivity index (χ3v) is 5.39. The molecule has 3 rings (SSSR count). The largest absolute Gasteiger partial charge is 0.384 e. The molecule has 1 aromatic carbocycles. The molecule has 24 heavy (non-hydrogen) atoms. The molecule has 0 spiro atoms. The molecular formula is C17H21ClN4OS. The Kier molecular flexibility index (Phi) is 5.58. The number of carbonyl (C=O) groups is 1. The van der Waals surface area contributed by atoms with Crippen molar-refractivity contribution >= 4 is 39.8 Å². The Morgan fingerprint density at radius 3 is 2.79 bits per heavy atom. The first-order valence-corrected chi connectivity index (χ1v) is 9.34. The van der Waals surface area contributed by atoms with Crippen molar-refractivity contribution in [2.45, 2.75) is 19.8 Å². The number of anilines is 2. The molecule has 2 heterocycles. The van der Waals surface area contributed by atoms with Crippen LogP contribution in [0.3, 0.4) is 0 Å². The SMILES string of the molecule is Cc1csc(NC(=O)N2CCC(CNc3ccccc3Cl)CC2)n1. The molecule has 2 N–H and O–H groups in total. The zero-order valence-corrected chi connectivity index (χ0v) is 15.2. The first-order chi connectivity index (χ1) is 11.6. The number of nitrogens with zero attached hydrogens (tertiary/aromatic N) is 2. The van der Waals surface area contributed by atoms with Gasteiger partial charge in [-0.15, -0.1) is 11.3 Å². The van der Waals surface area contributed by atoms with Crippen LogP contribution in [0, 0.1) is 12.8 Å². The molecule has 2 amide bonds. The van der Waals surface area contributed by atoms with Gasteiger partial charge in [-0.25, -0.2) is 9.78 Å². The summed E-state index contributed by atoms with van der Waals surface area (Å²) in [5, 5.41) is 9.63. The highest BCUT2D eigenvalue weighted by Gasteiger charge is 2.23. The second-order valence-corrected chi connectivity index (χ2v) is 7.28. The van der Waals surface area contributed by atoms with Gasteiger partial charge in [-0.2, -0.15) is 0 Å². The fourth-order valence-corrected chi connectivity index (χ4v) is 3.66. The Morgan fingerprint density at radius 1 is 1.38 bits per heavy atom. The Bertz CT molecular complexity index is 697. The number of aromatic nitrogens is 1. The summed E-state index contributed by atoms with van der Waals surface area (Å²) >= 11 is 7.61. The van der Waals surface area contributed by atoms with Crippen LogP contribution in [0.15, 0.2) is 29.6 Å². The van der Waals surface area contributed by atoms with Gasteiger partial charge in [0.05, 0.1) is 16.4 Å². The van der Waals surface area contributed by atoms with Crippen LogP contribution >= 0.6 is 22.9 Å². The number of piperidine rings is 1. The second kappa shape index (κ2) is 7.85. The number of rotatable bonds is 4. The molecule has 5 nitrogen and oxygen atoms in total. The zero-order valence-electron chi connectivity index (χ0n) is 13.6. The summed E-state index contributed by atoms with van der Waals surface area (Å²) in [5.41, 5.74) is 1.90. The smallest absolute Gasteiger partial charge is 0.323 e. The predicted octanol–water partition coefficient (Wildman–Crippen LogP) is 4.46. The molecule has 1 aliphatic heterocycles. The van der Waals surface area contributed by atoms with Gasteiger partial charge in [-0.1, -0.05) is 23.7 Å². The van der Waals surface area contributed by atoms with Gasteiger partial charge >= 0.3 is 6.03 Å². The van der Waals surface area contributed by atoms with Gasteiger partial charge in [0.1, 0.15) is 0 Å². The van der Waals surface area contributed by atoms with Crippen LogP contribution in [-0.2, 0) is 0 Å². The molecule has 0 atom stereocenters. The predicted molar refractivity (Wildman–Crippen MR) is 100 cm³/mol. The maximum atomic E-state index is 12.3. The van der Waals surface area contributed by atoms with E-state index in [0.717, 1.165) is 48.9 Å². The average Bonchev–Trinajstić information content (AvgIpc) is 2.99. The van der Waals surface area contributed by atoms with E-state index in [1.54, 1.807) is 0 Å². The van der Waals surface area contributed by atoms with Gasteiger partial charge in [0.25, 0.3) is 0 Å². The maximum absolute atomic E-state index is 12.3. The monoisotopic (exact) mass is 364 g/mol. The summed E-state index contributed by atoms with van der Waals surface area (Å²) in [4.78, 5) is 18.4. The summed E-state index contributed by atoms with van der Waals surface area (Å²) in [6.45, 7) is 4.34. The standard InChI is InChI=1S/C17H21ClN4OS/c1-12-11-24-16(20-12)21-17(23)22-8-6-13(7-9-22)10-19-15-5-3-2-4-14(15)18/h2-5,11,13,19H,6-10H2,1H3,(H,20,21,23). The van der Waals surface area contributed by atoms with E-state index in [1.165, 1.54) is 11.3 Å². The van der Waals surface area contributed by atoms with E-state index in [1.807, 2.05) is 41.5 Å². The molecule has 0 aliphatic carbocycles. The molecule has 128 valence electrons. The molecule has 1 aromatic heterocycles. The van der Waals surface area contributed by atoms with E-state index in [-0.39, 0.29) is 6.03 Å². The number of carbonyl (C=O) groups excluding carboxylic acids is 1. The highest BCUT2D eigenvalue weighted by molar-refractivity contribution is 7.13. The Hall–Kier alpha value is -1.79.